The highest BCUT2D eigenvalue weighted by molar-refractivity contribution is 5.37. The molecule has 0 saturated carbocycles. The van der Waals surface area contributed by atoms with E-state index in [4.69, 9.17) is 4.74 Å². The molecule has 0 saturated heterocycles. The van der Waals surface area contributed by atoms with Gasteiger partial charge in [0.2, 0.25) is 0 Å². The third-order valence-corrected chi connectivity index (χ3v) is 3.46. The Morgan fingerprint density at radius 2 is 2.14 bits per heavy atom. The number of nitrogens with zero attached hydrogens (tertiary/aromatic N) is 3. The average molecular weight is 289 g/mol. The molecule has 0 aliphatic carbocycles. The quantitative estimate of drug-likeness (QED) is 0.625. The van der Waals surface area contributed by atoms with Gasteiger partial charge in [-0.3, -0.25) is 0 Å². The van der Waals surface area contributed by atoms with Crippen LogP contribution in [0.2, 0.25) is 0 Å². The molecule has 0 fully saturated rings. The van der Waals surface area contributed by atoms with Crippen LogP contribution < -0.4 is 4.74 Å². The molecule has 6 nitrogen and oxygen atoms in total. The van der Waals surface area contributed by atoms with Crippen LogP contribution >= 0.6 is 0 Å². The van der Waals surface area contributed by atoms with Crippen molar-refractivity contribution in [2.45, 2.75) is 33.3 Å². The van der Waals surface area contributed by atoms with Crippen LogP contribution in [0.1, 0.15) is 36.6 Å². The van der Waals surface area contributed by atoms with Crippen LogP contribution in [0, 0.1) is 17.0 Å². The summed E-state index contributed by atoms with van der Waals surface area (Å²) < 4.78 is 7.18. The molecule has 2 aromatic rings. The molecule has 1 aromatic carbocycles. The largest absolute Gasteiger partial charge is 0.486 e. The van der Waals surface area contributed by atoms with Crippen molar-refractivity contribution >= 4 is 5.95 Å². The fourth-order valence-corrected chi connectivity index (χ4v) is 2.08. The molecular formula is C15H19N3O3. The molecule has 2 rings (SSSR count). The topological polar surface area (TPSA) is 70.2 Å². The third kappa shape index (κ3) is 3.21. The second kappa shape index (κ2) is 5.95. The van der Waals surface area contributed by atoms with Crippen LogP contribution in [-0.4, -0.2) is 14.5 Å². The highest BCUT2D eigenvalue weighted by Gasteiger charge is 2.17. The Balaban J connectivity index is 2.12. The Morgan fingerprint density at radius 1 is 1.43 bits per heavy atom. The number of nitro groups is 1. The number of hydrogen-bond acceptors (Lipinski definition) is 4. The van der Waals surface area contributed by atoms with Crippen LogP contribution in [0.3, 0.4) is 0 Å². The van der Waals surface area contributed by atoms with Gasteiger partial charge in [0.1, 0.15) is 18.6 Å². The normalized spacial score (nSPS) is 10.9. The molecule has 0 N–H and O–H groups in total. The van der Waals surface area contributed by atoms with Gasteiger partial charge in [-0.15, -0.1) is 0 Å². The molecule has 0 amide bonds. The highest BCUT2D eigenvalue weighted by Crippen LogP contribution is 2.24. The molecule has 0 spiro atoms. The number of benzene rings is 1. The lowest BCUT2D eigenvalue weighted by Crippen LogP contribution is -2.05. The van der Waals surface area contributed by atoms with E-state index in [9.17, 15) is 10.1 Å². The highest BCUT2D eigenvalue weighted by atomic mass is 16.6. The zero-order valence-corrected chi connectivity index (χ0v) is 12.7. The second-order valence-corrected chi connectivity index (χ2v) is 5.33. The van der Waals surface area contributed by atoms with Crippen molar-refractivity contribution in [3.63, 3.8) is 0 Å². The lowest BCUT2D eigenvalue weighted by molar-refractivity contribution is -0.396. The Labute approximate surface area is 123 Å². The number of aromatic nitrogens is 2. The molecule has 0 atom stereocenters. The van der Waals surface area contributed by atoms with E-state index in [-0.39, 0.29) is 12.6 Å². The van der Waals surface area contributed by atoms with E-state index >= 15 is 0 Å². The van der Waals surface area contributed by atoms with Crippen molar-refractivity contribution in [3.8, 4) is 5.75 Å². The third-order valence-electron chi connectivity index (χ3n) is 3.46. The molecule has 112 valence electrons. The van der Waals surface area contributed by atoms with E-state index in [1.165, 1.54) is 16.3 Å². The summed E-state index contributed by atoms with van der Waals surface area (Å²) in [4.78, 5) is 14.0. The first-order chi connectivity index (χ1) is 9.90. The van der Waals surface area contributed by atoms with E-state index in [0.717, 1.165) is 11.3 Å². The Kier molecular flexibility index (Phi) is 4.26. The number of ether oxygens (including phenoxy) is 1. The SMILES string of the molecule is Cc1cc(C(C)C)ccc1OCc1cnc([N+](=O)[O-])n1C. The van der Waals surface area contributed by atoms with Crippen molar-refractivity contribution in [2.75, 3.05) is 0 Å². The summed E-state index contributed by atoms with van der Waals surface area (Å²) in [6, 6.07) is 6.08. The molecule has 21 heavy (non-hydrogen) atoms. The fraction of sp³-hybridized carbons (Fsp3) is 0.400. The maximum absolute atomic E-state index is 10.7. The summed E-state index contributed by atoms with van der Waals surface area (Å²) in [5, 5.41) is 10.7. The molecule has 0 aliphatic rings. The van der Waals surface area contributed by atoms with Crippen molar-refractivity contribution in [1.82, 2.24) is 9.55 Å². The lowest BCUT2D eigenvalue weighted by atomic mass is 10.0. The second-order valence-electron chi connectivity index (χ2n) is 5.33. The predicted octanol–water partition coefficient (Wildman–Crippen LogP) is 3.34. The van der Waals surface area contributed by atoms with Gasteiger partial charge in [0, 0.05) is 0 Å². The molecule has 1 aromatic heterocycles. The summed E-state index contributed by atoms with van der Waals surface area (Å²) in [7, 11) is 1.61. The molecule has 0 aliphatic heterocycles. The summed E-state index contributed by atoms with van der Waals surface area (Å²) >= 11 is 0. The molecule has 0 unspecified atom stereocenters. The minimum atomic E-state index is -0.508. The minimum Gasteiger partial charge on any atom is -0.486 e. The summed E-state index contributed by atoms with van der Waals surface area (Å²) in [5.74, 6) is 1.07. The first kappa shape index (κ1) is 15.0. The number of imidazole rings is 1. The lowest BCUT2D eigenvalue weighted by Gasteiger charge is -2.11. The van der Waals surface area contributed by atoms with Gasteiger partial charge in [-0.2, -0.15) is 0 Å². The fourth-order valence-electron chi connectivity index (χ4n) is 2.08. The van der Waals surface area contributed by atoms with Gasteiger partial charge in [-0.1, -0.05) is 31.0 Å². The zero-order chi connectivity index (χ0) is 15.6. The van der Waals surface area contributed by atoms with E-state index in [1.54, 1.807) is 7.05 Å². The molecular weight excluding hydrogens is 270 g/mol. The van der Waals surface area contributed by atoms with E-state index < -0.39 is 4.92 Å². The van der Waals surface area contributed by atoms with Crippen LogP contribution in [0.25, 0.3) is 0 Å². The van der Waals surface area contributed by atoms with Crippen LogP contribution in [0.15, 0.2) is 24.4 Å². The smallest absolute Gasteiger partial charge is 0.434 e. The number of rotatable bonds is 5. The van der Waals surface area contributed by atoms with Gasteiger partial charge in [-0.05, 0) is 35.0 Å². The first-order valence-corrected chi connectivity index (χ1v) is 6.78. The van der Waals surface area contributed by atoms with E-state index in [2.05, 4.69) is 24.9 Å². The Bertz CT molecular complexity index is 662. The van der Waals surface area contributed by atoms with Gasteiger partial charge in [0.05, 0.1) is 7.05 Å². The van der Waals surface area contributed by atoms with Crippen molar-refractivity contribution in [2.24, 2.45) is 7.05 Å². The van der Waals surface area contributed by atoms with Crippen molar-refractivity contribution < 1.29 is 9.66 Å². The maximum Gasteiger partial charge on any atom is 0.434 e. The predicted molar refractivity (Wildman–Crippen MR) is 79.5 cm³/mol. The molecule has 0 bridgehead atoms. The number of aryl methyl sites for hydroxylation is 1. The van der Waals surface area contributed by atoms with Gasteiger partial charge < -0.3 is 14.9 Å². The van der Waals surface area contributed by atoms with Crippen LogP contribution in [0.5, 0.6) is 5.75 Å². The molecule has 6 heteroatoms. The standard InChI is InChI=1S/C15H19N3O3/c1-10(2)12-5-6-14(11(3)7-12)21-9-13-8-16-15(17(13)4)18(19)20/h5-8,10H,9H2,1-4H3. The van der Waals surface area contributed by atoms with Crippen molar-refractivity contribution in [1.29, 1.82) is 0 Å². The van der Waals surface area contributed by atoms with E-state index in [0.29, 0.717) is 11.6 Å². The monoisotopic (exact) mass is 289 g/mol. The summed E-state index contributed by atoms with van der Waals surface area (Å²) in [6.45, 7) is 6.53. The van der Waals surface area contributed by atoms with Gasteiger partial charge in [-0.25, -0.2) is 4.57 Å². The van der Waals surface area contributed by atoms with Gasteiger partial charge in [0.15, 0.2) is 5.69 Å². The van der Waals surface area contributed by atoms with E-state index in [1.807, 2.05) is 19.1 Å². The Hall–Kier alpha value is -2.37. The van der Waals surface area contributed by atoms with Gasteiger partial charge in [0.25, 0.3) is 0 Å². The summed E-state index contributed by atoms with van der Waals surface area (Å²) in [5.41, 5.74) is 2.97. The zero-order valence-electron chi connectivity index (χ0n) is 12.7. The first-order valence-electron chi connectivity index (χ1n) is 6.78. The average Bonchev–Trinajstić information content (AvgIpc) is 2.78. The molecule has 0 radical (unpaired) electrons. The van der Waals surface area contributed by atoms with Crippen molar-refractivity contribution in [3.05, 3.63) is 51.3 Å². The number of hydrogen-bond donors (Lipinski definition) is 0. The minimum absolute atomic E-state index is 0.180. The summed E-state index contributed by atoms with van der Waals surface area (Å²) in [6.07, 6.45) is 1.47. The maximum atomic E-state index is 10.7. The molecule has 1 heterocycles. The van der Waals surface area contributed by atoms with Gasteiger partial charge >= 0.3 is 5.95 Å². The van der Waals surface area contributed by atoms with Crippen LogP contribution in [-0.2, 0) is 13.7 Å². The Morgan fingerprint density at radius 3 is 2.67 bits per heavy atom. The van der Waals surface area contributed by atoms with Crippen LogP contribution in [0.4, 0.5) is 5.95 Å².